The number of carbonyl (C=O) groups excluding carboxylic acids is 1. The zero-order valence-corrected chi connectivity index (χ0v) is 7.69. The van der Waals surface area contributed by atoms with Gasteiger partial charge in [-0.05, 0) is 23.2 Å². The topological polar surface area (TPSA) is 94.0 Å². The van der Waals surface area contributed by atoms with Crippen molar-refractivity contribution in [2.24, 2.45) is 0 Å². The summed E-state index contributed by atoms with van der Waals surface area (Å²) in [6.07, 6.45) is 3.09. The number of hydrogen-bond donors (Lipinski definition) is 2. The quantitative estimate of drug-likeness (QED) is 0.718. The van der Waals surface area contributed by atoms with Crippen molar-refractivity contribution in [2.75, 3.05) is 11.1 Å². The second-order valence-electron chi connectivity index (χ2n) is 3.47. The second-order valence-corrected chi connectivity index (χ2v) is 3.47. The minimum Gasteiger partial charge on any atom is -0.378 e. The highest BCUT2D eigenvalue weighted by Gasteiger charge is 2.21. The Kier molecular flexibility index (Phi) is 2.34. The fraction of sp³-hybridized carbons (Fsp3) is 0.625. The summed E-state index contributed by atoms with van der Waals surface area (Å²) >= 11 is 0. The molecule has 1 heterocycles. The summed E-state index contributed by atoms with van der Waals surface area (Å²) in [5.41, 5.74) is 5.48. The van der Waals surface area contributed by atoms with Crippen LogP contribution in [0.4, 0.5) is 11.6 Å². The summed E-state index contributed by atoms with van der Waals surface area (Å²) in [7, 11) is 0. The number of rotatable bonds is 2. The van der Waals surface area contributed by atoms with Crippen molar-refractivity contribution in [1.82, 2.24) is 10.3 Å². The predicted octanol–water partition coefficient (Wildman–Crippen LogP) is 0.575. The van der Waals surface area contributed by atoms with Crippen molar-refractivity contribution in [2.45, 2.75) is 31.7 Å². The highest BCUT2D eigenvalue weighted by atomic mass is 16.6. The first kappa shape index (κ1) is 8.98. The third-order valence-corrected chi connectivity index (χ3v) is 2.34. The van der Waals surface area contributed by atoms with Crippen LogP contribution in [0.15, 0.2) is 4.63 Å². The van der Waals surface area contributed by atoms with Gasteiger partial charge in [0.1, 0.15) is 5.78 Å². The summed E-state index contributed by atoms with van der Waals surface area (Å²) in [6.45, 7) is 0. The first-order chi connectivity index (χ1) is 6.75. The van der Waals surface area contributed by atoms with Crippen LogP contribution in [0, 0.1) is 0 Å². The van der Waals surface area contributed by atoms with Gasteiger partial charge in [0.05, 0.1) is 0 Å². The number of anilines is 2. The van der Waals surface area contributed by atoms with Crippen molar-refractivity contribution < 1.29 is 9.42 Å². The van der Waals surface area contributed by atoms with E-state index in [0.29, 0.717) is 18.7 Å². The van der Waals surface area contributed by atoms with Gasteiger partial charge in [-0.25, -0.2) is 4.63 Å². The van der Waals surface area contributed by atoms with Crippen molar-refractivity contribution in [3.63, 3.8) is 0 Å². The van der Waals surface area contributed by atoms with Crippen LogP contribution in [0.5, 0.6) is 0 Å². The van der Waals surface area contributed by atoms with Gasteiger partial charge in [0.15, 0.2) is 0 Å². The van der Waals surface area contributed by atoms with Crippen LogP contribution in [0.1, 0.15) is 25.7 Å². The van der Waals surface area contributed by atoms with Crippen LogP contribution < -0.4 is 11.1 Å². The fourth-order valence-electron chi connectivity index (χ4n) is 1.64. The van der Waals surface area contributed by atoms with Gasteiger partial charge in [-0.2, -0.15) is 0 Å². The zero-order chi connectivity index (χ0) is 9.97. The summed E-state index contributed by atoms with van der Waals surface area (Å²) in [4.78, 5) is 11.2. The maximum Gasteiger partial charge on any atom is 0.215 e. The smallest absolute Gasteiger partial charge is 0.215 e. The first-order valence-corrected chi connectivity index (χ1v) is 4.62. The molecule has 0 aliphatic heterocycles. The molecule has 1 fully saturated rings. The van der Waals surface area contributed by atoms with E-state index in [1.807, 2.05) is 0 Å². The molecule has 3 N–H and O–H groups in total. The normalized spacial score (nSPS) is 22.3. The number of carbonyl (C=O) groups is 1. The predicted molar refractivity (Wildman–Crippen MR) is 49.6 cm³/mol. The van der Waals surface area contributed by atoms with E-state index in [1.54, 1.807) is 0 Å². The lowest BCUT2D eigenvalue weighted by Crippen LogP contribution is -2.27. The van der Waals surface area contributed by atoms with E-state index in [9.17, 15) is 4.79 Å². The molecule has 1 saturated carbocycles. The number of nitrogens with two attached hydrogens (primary N) is 1. The van der Waals surface area contributed by atoms with Crippen LogP contribution in [-0.2, 0) is 4.79 Å². The van der Waals surface area contributed by atoms with Gasteiger partial charge >= 0.3 is 0 Å². The van der Waals surface area contributed by atoms with Crippen molar-refractivity contribution in [3.8, 4) is 0 Å². The summed E-state index contributed by atoms with van der Waals surface area (Å²) < 4.78 is 4.44. The second kappa shape index (κ2) is 3.65. The van der Waals surface area contributed by atoms with E-state index >= 15 is 0 Å². The molecule has 0 amide bonds. The first-order valence-electron chi connectivity index (χ1n) is 4.62. The Morgan fingerprint density at radius 3 is 3.00 bits per heavy atom. The number of aromatic nitrogens is 2. The molecule has 6 nitrogen and oxygen atoms in total. The van der Waals surface area contributed by atoms with E-state index in [-0.39, 0.29) is 17.6 Å². The number of nitrogens with zero attached hydrogens (tertiary/aromatic N) is 2. The molecular formula is C8H12N4O2. The van der Waals surface area contributed by atoms with Crippen molar-refractivity contribution >= 4 is 17.4 Å². The highest BCUT2D eigenvalue weighted by molar-refractivity contribution is 5.80. The van der Waals surface area contributed by atoms with Gasteiger partial charge in [-0.1, -0.05) is 0 Å². The third kappa shape index (κ3) is 1.84. The molecule has 1 aliphatic carbocycles. The van der Waals surface area contributed by atoms with E-state index < -0.39 is 0 Å². The van der Waals surface area contributed by atoms with E-state index in [1.165, 1.54) is 0 Å². The van der Waals surface area contributed by atoms with E-state index in [4.69, 9.17) is 5.73 Å². The average molecular weight is 196 g/mol. The summed E-state index contributed by atoms with van der Waals surface area (Å²) in [5.74, 6) is 0.955. The van der Waals surface area contributed by atoms with Gasteiger partial charge < -0.3 is 11.1 Å². The monoisotopic (exact) mass is 196 g/mol. The number of nitrogen functional groups attached to an aromatic ring is 1. The molecule has 14 heavy (non-hydrogen) atoms. The lowest BCUT2D eigenvalue weighted by Gasteiger charge is -2.21. The maximum atomic E-state index is 11.2. The standard InChI is InChI=1S/C8H12N4O2/c9-7-8(12-14-11-7)10-5-2-1-3-6(13)4-5/h5H,1-4H2,(H2,9,11)(H,10,12)/t5-/m0/s1. The molecule has 1 aliphatic rings. The lowest BCUT2D eigenvalue weighted by molar-refractivity contribution is -0.120. The van der Waals surface area contributed by atoms with Gasteiger partial charge in [0.25, 0.3) is 0 Å². The Balaban J connectivity index is 1.97. The SMILES string of the molecule is Nc1nonc1N[C@H]1CCCC(=O)C1. The molecule has 1 aromatic heterocycles. The van der Waals surface area contributed by atoms with Gasteiger partial charge in [-0.15, -0.1) is 0 Å². The van der Waals surface area contributed by atoms with E-state index in [0.717, 1.165) is 12.8 Å². The Bertz CT molecular complexity index is 336. The minimum atomic E-state index is 0.116. The van der Waals surface area contributed by atoms with Crippen molar-refractivity contribution in [1.29, 1.82) is 0 Å². The molecule has 6 heteroatoms. The molecule has 1 aromatic rings. The third-order valence-electron chi connectivity index (χ3n) is 2.34. The van der Waals surface area contributed by atoms with Crippen LogP contribution in [0.3, 0.4) is 0 Å². The Hall–Kier alpha value is -1.59. The summed E-state index contributed by atoms with van der Waals surface area (Å²) in [6, 6.07) is 0.116. The molecule has 0 spiro atoms. The molecule has 0 unspecified atom stereocenters. The van der Waals surface area contributed by atoms with Gasteiger partial charge in [-0.3, -0.25) is 4.79 Å². The zero-order valence-electron chi connectivity index (χ0n) is 7.69. The minimum absolute atomic E-state index is 0.116. The average Bonchev–Trinajstić information content (AvgIpc) is 2.52. The van der Waals surface area contributed by atoms with Crippen LogP contribution in [-0.4, -0.2) is 22.1 Å². The largest absolute Gasteiger partial charge is 0.378 e. The fourth-order valence-corrected chi connectivity index (χ4v) is 1.64. The molecule has 0 radical (unpaired) electrons. The van der Waals surface area contributed by atoms with Crippen molar-refractivity contribution in [3.05, 3.63) is 0 Å². The number of Topliss-reactive ketones (excluding diaryl/α,β-unsaturated/α-hetero) is 1. The number of ketones is 1. The molecule has 76 valence electrons. The van der Waals surface area contributed by atoms with E-state index in [2.05, 4.69) is 20.3 Å². The van der Waals surface area contributed by atoms with Gasteiger partial charge in [0.2, 0.25) is 11.6 Å². The molecule has 0 saturated heterocycles. The van der Waals surface area contributed by atoms with Crippen LogP contribution >= 0.6 is 0 Å². The number of hydrogen-bond acceptors (Lipinski definition) is 6. The molecule has 2 rings (SSSR count). The van der Waals surface area contributed by atoms with Crippen LogP contribution in [0.2, 0.25) is 0 Å². The Labute approximate surface area is 80.8 Å². The lowest BCUT2D eigenvalue weighted by atomic mass is 9.94. The molecule has 0 bridgehead atoms. The molecule has 1 atom stereocenters. The molecular weight excluding hydrogens is 184 g/mol. The summed E-state index contributed by atoms with van der Waals surface area (Å²) in [5, 5.41) is 10.1. The Morgan fingerprint density at radius 2 is 2.36 bits per heavy atom. The maximum absolute atomic E-state index is 11.2. The number of nitrogens with one attached hydrogen (secondary N) is 1. The van der Waals surface area contributed by atoms with Crippen LogP contribution in [0.25, 0.3) is 0 Å². The Morgan fingerprint density at radius 1 is 1.50 bits per heavy atom. The van der Waals surface area contributed by atoms with Gasteiger partial charge in [0, 0.05) is 18.9 Å². The highest BCUT2D eigenvalue weighted by Crippen LogP contribution is 2.20. The molecule has 0 aromatic carbocycles.